The van der Waals surface area contributed by atoms with Gasteiger partial charge in [0.1, 0.15) is 5.54 Å². The van der Waals surface area contributed by atoms with Crippen LogP contribution in [0.15, 0.2) is 66.7 Å². The van der Waals surface area contributed by atoms with Crippen molar-refractivity contribution in [3.8, 4) is 11.1 Å². The number of carbonyl (C=O) groups excluding carboxylic acids is 2. The van der Waals surface area contributed by atoms with Gasteiger partial charge in [0.25, 0.3) is 5.91 Å². The minimum Gasteiger partial charge on any atom is -0.480 e. The van der Waals surface area contributed by atoms with E-state index in [1.54, 1.807) is 54.6 Å². The number of nitrogens with one attached hydrogen (secondary N) is 3. The van der Waals surface area contributed by atoms with E-state index < -0.39 is 23.4 Å². The van der Waals surface area contributed by atoms with E-state index >= 15 is 0 Å². The largest absolute Gasteiger partial charge is 0.480 e. The Bertz CT molecular complexity index is 1220. The van der Waals surface area contributed by atoms with Gasteiger partial charge in [0.05, 0.1) is 10.0 Å². The summed E-state index contributed by atoms with van der Waals surface area (Å²) < 4.78 is 0. The summed E-state index contributed by atoms with van der Waals surface area (Å²) in [6, 6.07) is 18.5. The lowest BCUT2D eigenvalue weighted by molar-refractivity contribution is -0.140. The molecular weight excluding hydrogens is 465 g/mol. The van der Waals surface area contributed by atoms with E-state index in [2.05, 4.69) is 16.0 Å². The molecule has 0 unspecified atom stereocenters. The van der Waals surface area contributed by atoms with Crippen molar-refractivity contribution in [3.63, 3.8) is 0 Å². The van der Waals surface area contributed by atoms with Crippen LogP contribution < -0.4 is 16.0 Å². The highest BCUT2D eigenvalue weighted by atomic mass is 35.5. The molecule has 9 heteroatoms. The first-order valence-electron chi connectivity index (χ1n) is 10.1. The van der Waals surface area contributed by atoms with Crippen molar-refractivity contribution in [1.82, 2.24) is 5.32 Å². The maximum Gasteiger partial charge on any atom is 0.329 e. The third kappa shape index (κ3) is 5.27. The van der Waals surface area contributed by atoms with Crippen molar-refractivity contribution in [1.29, 1.82) is 0 Å². The summed E-state index contributed by atoms with van der Waals surface area (Å²) in [6.45, 7) is 0. The zero-order valence-corrected chi connectivity index (χ0v) is 18.7. The van der Waals surface area contributed by atoms with Gasteiger partial charge in [0.2, 0.25) is 0 Å². The summed E-state index contributed by atoms with van der Waals surface area (Å²) in [5.41, 5.74) is 2.14. The fourth-order valence-electron chi connectivity index (χ4n) is 3.23. The molecule has 3 aromatic carbocycles. The highest BCUT2D eigenvalue weighted by Gasteiger charge is 2.51. The Morgan fingerprint density at radius 1 is 0.758 bits per heavy atom. The fraction of sp³-hybridized carbons (Fsp3) is 0.125. The Labute approximate surface area is 199 Å². The molecule has 3 amide bonds. The molecule has 33 heavy (non-hydrogen) atoms. The molecule has 0 spiro atoms. The maximum absolute atomic E-state index is 12.3. The molecule has 0 radical (unpaired) electrons. The quantitative estimate of drug-likeness (QED) is 0.363. The minimum atomic E-state index is -1.12. The predicted octanol–water partition coefficient (Wildman–Crippen LogP) is 5.65. The number of carbonyl (C=O) groups is 3. The smallest absolute Gasteiger partial charge is 0.329 e. The first-order chi connectivity index (χ1) is 15.8. The normalized spacial score (nSPS) is 13.6. The molecule has 1 saturated carbocycles. The fourth-order valence-corrected chi connectivity index (χ4v) is 3.53. The van der Waals surface area contributed by atoms with Crippen LogP contribution in [0.1, 0.15) is 23.2 Å². The van der Waals surface area contributed by atoms with E-state index in [0.717, 1.165) is 11.1 Å². The molecule has 1 aliphatic carbocycles. The number of hydrogen-bond donors (Lipinski definition) is 4. The van der Waals surface area contributed by atoms with Gasteiger partial charge in [-0.3, -0.25) is 4.79 Å². The maximum atomic E-state index is 12.3. The van der Waals surface area contributed by atoms with E-state index in [0.29, 0.717) is 39.8 Å². The van der Waals surface area contributed by atoms with Gasteiger partial charge in [-0.05, 0) is 66.4 Å². The molecule has 0 bridgehead atoms. The van der Waals surface area contributed by atoms with Gasteiger partial charge in [0.15, 0.2) is 0 Å². The van der Waals surface area contributed by atoms with Gasteiger partial charge in [-0.25, -0.2) is 9.59 Å². The van der Waals surface area contributed by atoms with Crippen LogP contribution in [-0.4, -0.2) is 28.6 Å². The van der Waals surface area contributed by atoms with Gasteiger partial charge in [-0.1, -0.05) is 47.5 Å². The number of hydrogen-bond acceptors (Lipinski definition) is 3. The van der Waals surface area contributed by atoms with Gasteiger partial charge >= 0.3 is 12.0 Å². The molecule has 0 heterocycles. The first kappa shape index (κ1) is 22.6. The Morgan fingerprint density at radius 3 is 1.85 bits per heavy atom. The SMILES string of the molecule is O=C(Nc1ccc(-c2ccc(C(=O)NC3(C(=O)O)CC3)cc2)cc1)Nc1ccc(Cl)c(Cl)c1. The zero-order chi connectivity index (χ0) is 23.6. The zero-order valence-electron chi connectivity index (χ0n) is 17.2. The summed E-state index contributed by atoms with van der Waals surface area (Å²) in [7, 11) is 0. The molecule has 168 valence electrons. The van der Waals surface area contributed by atoms with Crippen molar-refractivity contribution in [2.75, 3.05) is 10.6 Å². The van der Waals surface area contributed by atoms with Crippen LogP contribution in [-0.2, 0) is 4.79 Å². The van der Waals surface area contributed by atoms with Crippen molar-refractivity contribution in [2.45, 2.75) is 18.4 Å². The van der Waals surface area contributed by atoms with Crippen LogP contribution in [0.25, 0.3) is 11.1 Å². The number of benzene rings is 3. The Morgan fingerprint density at radius 2 is 1.30 bits per heavy atom. The molecular formula is C24H19Cl2N3O4. The molecule has 0 aromatic heterocycles. The van der Waals surface area contributed by atoms with Gasteiger partial charge in [0, 0.05) is 16.9 Å². The van der Waals surface area contributed by atoms with Crippen LogP contribution >= 0.6 is 23.2 Å². The molecule has 4 rings (SSSR count). The number of halogens is 2. The molecule has 3 aromatic rings. The van der Waals surface area contributed by atoms with Crippen molar-refractivity contribution >= 4 is 52.5 Å². The van der Waals surface area contributed by atoms with E-state index in [4.69, 9.17) is 23.2 Å². The number of aliphatic carboxylic acids is 1. The molecule has 4 N–H and O–H groups in total. The number of urea groups is 1. The molecule has 1 fully saturated rings. The second-order valence-corrected chi connectivity index (χ2v) is 8.52. The summed E-state index contributed by atoms with van der Waals surface area (Å²) >= 11 is 11.8. The van der Waals surface area contributed by atoms with E-state index in [9.17, 15) is 19.5 Å². The molecule has 0 aliphatic heterocycles. The average molecular weight is 484 g/mol. The number of carboxylic acid groups (broad SMARTS) is 1. The minimum absolute atomic E-state index is 0.344. The van der Waals surface area contributed by atoms with Crippen LogP contribution in [0, 0.1) is 0 Å². The van der Waals surface area contributed by atoms with Gasteiger partial charge < -0.3 is 21.1 Å². The van der Waals surface area contributed by atoms with Gasteiger partial charge in [-0.2, -0.15) is 0 Å². The number of rotatable bonds is 6. The Hall–Kier alpha value is -3.55. The van der Waals surface area contributed by atoms with Crippen LogP contribution in [0.2, 0.25) is 10.0 Å². The highest BCUT2D eigenvalue weighted by molar-refractivity contribution is 6.42. The molecule has 1 aliphatic rings. The van der Waals surface area contributed by atoms with Gasteiger partial charge in [-0.15, -0.1) is 0 Å². The highest BCUT2D eigenvalue weighted by Crippen LogP contribution is 2.36. The second kappa shape index (κ2) is 9.13. The summed E-state index contributed by atoms with van der Waals surface area (Å²) in [6.07, 6.45) is 0.885. The number of amides is 3. The standard InChI is InChI=1S/C24H19Cl2N3O4/c25-19-10-9-18(13-20(19)26)28-23(33)27-17-7-5-15(6-8-17)14-1-3-16(4-2-14)21(30)29-24(11-12-24)22(31)32/h1-10,13H,11-12H2,(H,29,30)(H,31,32)(H2,27,28,33). The van der Waals surface area contributed by atoms with E-state index in [-0.39, 0.29) is 0 Å². The Kier molecular flexibility index (Phi) is 6.26. The lowest BCUT2D eigenvalue weighted by atomic mass is 10.0. The molecule has 0 atom stereocenters. The predicted molar refractivity (Wildman–Crippen MR) is 128 cm³/mol. The third-order valence-corrected chi connectivity index (χ3v) is 6.05. The number of carboxylic acids is 1. The molecule has 7 nitrogen and oxygen atoms in total. The average Bonchev–Trinajstić information content (AvgIpc) is 3.58. The first-order valence-corrected chi connectivity index (χ1v) is 10.8. The lowest BCUT2D eigenvalue weighted by Gasteiger charge is -2.12. The monoisotopic (exact) mass is 483 g/mol. The topological polar surface area (TPSA) is 108 Å². The van der Waals surface area contributed by atoms with E-state index in [1.807, 2.05) is 12.1 Å². The van der Waals surface area contributed by atoms with Crippen molar-refractivity contribution < 1.29 is 19.5 Å². The van der Waals surface area contributed by atoms with Crippen molar-refractivity contribution in [2.24, 2.45) is 0 Å². The lowest BCUT2D eigenvalue weighted by Crippen LogP contribution is -2.43. The third-order valence-electron chi connectivity index (χ3n) is 5.31. The number of anilines is 2. The second-order valence-electron chi connectivity index (χ2n) is 7.70. The summed E-state index contributed by atoms with van der Waals surface area (Å²) in [5, 5.41) is 18.0. The van der Waals surface area contributed by atoms with Crippen LogP contribution in [0.3, 0.4) is 0 Å². The van der Waals surface area contributed by atoms with Crippen LogP contribution in [0.4, 0.5) is 16.2 Å². The van der Waals surface area contributed by atoms with E-state index in [1.165, 1.54) is 0 Å². The summed E-state index contributed by atoms with van der Waals surface area (Å²) in [5.74, 6) is -1.42. The van der Waals surface area contributed by atoms with Crippen molar-refractivity contribution in [3.05, 3.63) is 82.3 Å². The Balaban J connectivity index is 1.36. The molecule has 0 saturated heterocycles. The van der Waals surface area contributed by atoms with Crippen LogP contribution in [0.5, 0.6) is 0 Å². The summed E-state index contributed by atoms with van der Waals surface area (Å²) in [4.78, 5) is 35.8.